The lowest BCUT2D eigenvalue weighted by Crippen LogP contribution is -2.41. The Morgan fingerprint density at radius 2 is 1.74 bits per heavy atom. The summed E-state index contributed by atoms with van der Waals surface area (Å²) in [7, 11) is 0. The molecule has 1 heterocycles. The molecular weight excluding hydrogens is 445 g/mol. The number of hydrogen-bond donors (Lipinski definition) is 2. The molecule has 0 unspecified atom stereocenters. The number of nitrogens with zero attached hydrogens (tertiary/aromatic N) is 3. The number of hydrogen-bond acceptors (Lipinski definition) is 3. The quantitative estimate of drug-likeness (QED) is 0.423. The SMILES string of the molecule is CCCCN(CC(=O)Nc1cc(C(C)(C)C)nn1-c1ccccc1C)C(=O)Nc1ccccc1F. The number of amides is 3. The van der Waals surface area contributed by atoms with Gasteiger partial charge in [-0.3, -0.25) is 4.79 Å². The fourth-order valence-electron chi connectivity index (χ4n) is 3.54. The van der Waals surface area contributed by atoms with Crippen LogP contribution < -0.4 is 10.6 Å². The van der Waals surface area contributed by atoms with E-state index < -0.39 is 11.8 Å². The van der Waals surface area contributed by atoms with Crippen LogP contribution in [-0.4, -0.2) is 39.7 Å². The van der Waals surface area contributed by atoms with Crippen molar-refractivity contribution in [3.05, 3.63) is 71.7 Å². The largest absolute Gasteiger partial charge is 0.322 e. The molecule has 0 spiro atoms. The predicted molar refractivity (Wildman–Crippen MR) is 138 cm³/mol. The first-order valence-electron chi connectivity index (χ1n) is 11.9. The van der Waals surface area contributed by atoms with E-state index in [0.717, 1.165) is 23.4 Å². The Morgan fingerprint density at radius 1 is 1.06 bits per heavy atom. The molecule has 1 aromatic heterocycles. The molecule has 0 aliphatic heterocycles. The first-order valence-corrected chi connectivity index (χ1v) is 11.9. The summed E-state index contributed by atoms with van der Waals surface area (Å²) in [6, 6.07) is 15.1. The Kier molecular flexibility index (Phi) is 8.27. The van der Waals surface area contributed by atoms with E-state index in [1.807, 2.05) is 44.2 Å². The summed E-state index contributed by atoms with van der Waals surface area (Å²) in [5.74, 6) is -0.364. The van der Waals surface area contributed by atoms with Gasteiger partial charge in [0, 0.05) is 18.0 Å². The van der Waals surface area contributed by atoms with Gasteiger partial charge < -0.3 is 15.5 Å². The second-order valence-corrected chi connectivity index (χ2v) is 9.60. The van der Waals surface area contributed by atoms with Gasteiger partial charge in [-0.2, -0.15) is 5.10 Å². The first-order chi connectivity index (χ1) is 16.6. The Morgan fingerprint density at radius 3 is 2.40 bits per heavy atom. The summed E-state index contributed by atoms with van der Waals surface area (Å²) in [6.45, 7) is 10.4. The van der Waals surface area contributed by atoms with Crippen LogP contribution in [0.5, 0.6) is 0 Å². The number of urea groups is 1. The van der Waals surface area contributed by atoms with Gasteiger partial charge in [-0.05, 0) is 37.1 Å². The molecule has 8 heteroatoms. The summed E-state index contributed by atoms with van der Waals surface area (Å²) >= 11 is 0. The van der Waals surface area contributed by atoms with Gasteiger partial charge in [-0.25, -0.2) is 13.9 Å². The van der Waals surface area contributed by atoms with Crippen molar-refractivity contribution in [1.29, 1.82) is 0 Å². The Bertz CT molecular complexity index is 1180. The minimum Gasteiger partial charge on any atom is -0.315 e. The number of aryl methyl sites for hydroxylation is 1. The third kappa shape index (κ3) is 6.68. The molecule has 2 N–H and O–H groups in total. The van der Waals surface area contributed by atoms with Crippen LogP contribution in [-0.2, 0) is 10.2 Å². The summed E-state index contributed by atoms with van der Waals surface area (Å²) in [5, 5.41) is 10.3. The molecule has 2 aromatic carbocycles. The zero-order valence-corrected chi connectivity index (χ0v) is 21.1. The van der Waals surface area contributed by atoms with E-state index in [4.69, 9.17) is 5.10 Å². The second-order valence-electron chi connectivity index (χ2n) is 9.60. The number of nitrogens with one attached hydrogen (secondary N) is 2. The van der Waals surface area contributed by atoms with E-state index in [-0.39, 0.29) is 23.6 Å². The standard InChI is InChI=1S/C27H34FN5O2/c1-6-7-16-32(26(35)29-21-14-10-9-13-20(21)28)18-25(34)30-24-17-23(27(3,4)5)31-33(24)22-15-11-8-12-19(22)2/h8-15,17H,6-7,16,18H2,1-5H3,(H,29,35)(H,30,34). The molecule has 0 saturated heterocycles. The molecule has 0 atom stereocenters. The molecule has 0 aliphatic carbocycles. The van der Waals surface area contributed by atoms with Crippen molar-refractivity contribution in [2.75, 3.05) is 23.7 Å². The maximum atomic E-state index is 14.0. The Hall–Kier alpha value is -3.68. The average molecular weight is 480 g/mol. The number of anilines is 2. The fraction of sp³-hybridized carbons (Fsp3) is 0.370. The van der Waals surface area contributed by atoms with E-state index in [2.05, 4.69) is 31.4 Å². The van der Waals surface area contributed by atoms with Crippen molar-refractivity contribution in [2.24, 2.45) is 0 Å². The molecule has 0 saturated carbocycles. The predicted octanol–water partition coefficient (Wildman–Crippen LogP) is 5.89. The van der Waals surface area contributed by atoms with Gasteiger partial charge in [-0.1, -0.05) is 64.4 Å². The summed E-state index contributed by atoms with van der Waals surface area (Å²) in [4.78, 5) is 27.4. The number of rotatable bonds is 8. The van der Waals surface area contributed by atoms with Gasteiger partial charge in [0.15, 0.2) is 0 Å². The molecule has 3 rings (SSSR count). The summed E-state index contributed by atoms with van der Waals surface area (Å²) < 4.78 is 15.8. The van der Waals surface area contributed by atoms with Crippen LogP contribution in [0.1, 0.15) is 51.8 Å². The molecule has 3 aromatic rings. The Labute approximate surface area is 206 Å². The first kappa shape index (κ1) is 25.9. The zero-order chi connectivity index (χ0) is 25.6. The lowest BCUT2D eigenvalue weighted by Gasteiger charge is -2.22. The van der Waals surface area contributed by atoms with Gasteiger partial charge in [-0.15, -0.1) is 0 Å². The lowest BCUT2D eigenvalue weighted by molar-refractivity contribution is -0.116. The highest BCUT2D eigenvalue weighted by Gasteiger charge is 2.23. The number of carbonyl (C=O) groups excluding carboxylic acids is 2. The number of carbonyl (C=O) groups is 2. The lowest BCUT2D eigenvalue weighted by atomic mass is 9.92. The van der Waals surface area contributed by atoms with Crippen molar-refractivity contribution in [3.8, 4) is 5.69 Å². The van der Waals surface area contributed by atoms with Gasteiger partial charge >= 0.3 is 6.03 Å². The molecule has 35 heavy (non-hydrogen) atoms. The normalized spacial score (nSPS) is 11.3. The van der Waals surface area contributed by atoms with Crippen LogP contribution in [0.25, 0.3) is 5.69 Å². The minimum atomic E-state index is -0.530. The number of para-hydroxylation sites is 2. The Balaban J connectivity index is 1.82. The fourth-order valence-corrected chi connectivity index (χ4v) is 3.54. The maximum absolute atomic E-state index is 14.0. The second kappa shape index (κ2) is 11.2. The van der Waals surface area contributed by atoms with Crippen LogP contribution in [0.2, 0.25) is 0 Å². The van der Waals surface area contributed by atoms with Gasteiger partial charge in [0.25, 0.3) is 0 Å². The van der Waals surface area contributed by atoms with E-state index in [0.29, 0.717) is 18.8 Å². The van der Waals surface area contributed by atoms with Gasteiger partial charge in [0.1, 0.15) is 18.2 Å². The number of benzene rings is 2. The molecular formula is C27H34FN5O2. The van der Waals surface area contributed by atoms with Gasteiger partial charge in [0.05, 0.1) is 17.1 Å². The number of unbranched alkanes of at least 4 members (excludes halogenated alkanes) is 1. The van der Waals surface area contributed by atoms with Crippen molar-refractivity contribution in [2.45, 2.75) is 52.9 Å². The number of aromatic nitrogens is 2. The molecule has 0 aliphatic rings. The minimum absolute atomic E-state index is 0.0758. The van der Waals surface area contributed by atoms with Crippen LogP contribution in [0.4, 0.5) is 20.7 Å². The molecule has 0 radical (unpaired) electrons. The van der Waals surface area contributed by atoms with Crippen molar-refractivity contribution in [1.82, 2.24) is 14.7 Å². The van der Waals surface area contributed by atoms with Gasteiger partial charge in [0.2, 0.25) is 5.91 Å². The molecule has 0 bridgehead atoms. The van der Waals surface area contributed by atoms with E-state index in [1.165, 1.54) is 17.0 Å². The number of halogens is 1. The third-order valence-corrected chi connectivity index (χ3v) is 5.61. The maximum Gasteiger partial charge on any atom is 0.322 e. The molecule has 7 nitrogen and oxygen atoms in total. The monoisotopic (exact) mass is 479 g/mol. The molecule has 3 amide bonds. The summed E-state index contributed by atoms with van der Waals surface area (Å²) in [6.07, 6.45) is 1.56. The van der Waals surface area contributed by atoms with Crippen LogP contribution in [0.15, 0.2) is 54.6 Å². The highest BCUT2D eigenvalue weighted by Crippen LogP contribution is 2.27. The van der Waals surface area contributed by atoms with Crippen LogP contribution in [0.3, 0.4) is 0 Å². The third-order valence-electron chi connectivity index (χ3n) is 5.61. The smallest absolute Gasteiger partial charge is 0.315 e. The highest BCUT2D eigenvalue weighted by molar-refractivity contribution is 5.96. The van der Waals surface area contributed by atoms with Crippen LogP contribution >= 0.6 is 0 Å². The highest BCUT2D eigenvalue weighted by atomic mass is 19.1. The summed E-state index contributed by atoms with van der Waals surface area (Å²) in [5.41, 5.74) is 2.56. The van der Waals surface area contributed by atoms with E-state index >= 15 is 0 Å². The topological polar surface area (TPSA) is 79.3 Å². The van der Waals surface area contributed by atoms with Crippen LogP contribution in [0, 0.1) is 12.7 Å². The van der Waals surface area contributed by atoms with Crippen molar-refractivity contribution < 1.29 is 14.0 Å². The average Bonchev–Trinajstić information content (AvgIpc) is 3.22. The van der Waals surface area contributed by atoms with Crippen molar-refractivity contribution >= 4 is 23.4 Å². The molecule has 186 valence electrons. The van der Waals surface area contributed by atoms with E-state index in [9.17, 15) is 14.0 Å². The van der Waals surface area contributed by atoms with E-state index in [1.54, 1.807) is 16.8 Å². The molecule has 0 fully saturated rings. The zero-order valence-electron chi connectivity index (χ0n) is 21.1. The van der Waals surface area contributed by atoms with Crippen molar-refractivity contribution in [3.63, 3.8) is 0 Å².